The van der Waals surface area contributed by atoms with Gasteiger partial charge in [-0.2, -0.15) is 5.10 Å². The van der Waals surface area contributed by atoms with Crippen LogP contribution in [0.5, 0.6) is 0 Å². The lowest BCUT2D eigenvalue weighted by Gasteiger charge is -2.36. The zero-order valence-corrected chi connectivity index (χ0v) is 18.3. The summed E-state index contributed by atoms with van der Waals surface area (Å²) in [6, 6.07) is 4.50. The molecule has 158 valence electrons. The van der Waals surface area contributed by atoms with Crippen molar-refractivity contribution in [2.24, 2.45) is 7.05 Å². The zero-order valence-electron chi connectivity index (χ0n) is 17.5. The Kier molecular flexibility index (Phi) is 5.16. The van der Waals surface area contributed by atoms with Gasteiger partial charge in [0.2, 0.25) is 5.91 Å². The van der Waals surface area contributed by atoms with Gasteiger partial charge in [0.25, 0.3) is 0 Å². The van der Waals surface area contributed by atoms with Crippen LogP contribution in [0.1, 0.15) is 29.6 Å². The van der Waals surface area contributed by atoms with Gasteiger partial charge >= 0.3 is 0 Å². The van der Waals surface area contributed by atoms with Gasteiger partial charge in [0.1, 0.15) is 11.6 Å². The van der Waals surface area contributed by atoms with Crippen molar-refractivity contribution >= 4 is 34.1 Å². The molecule has 5 heterocycles. The quantitative estimate of drug-likeness (QED) is 0.638. The minimum absolute atomic E-state index is 0.256. The molecule has 0 aliphatic carbocycles. The number of carbonyl (C=O) groups is 1. The van der Waals surface area contributed by atoms with Gasteiger partial charge in [-0.05, 0) is 31.2 Å². The molecule has 9 heteroatoms. The SMILES string of the molecule is Cc1nc(N2CCN(CC(=O)N3CCCC3c3cccs3)CC2)c2cnn(C)c2n1. The average Bonchev–Trinajstić information content (AvgIpc) is 3.49. The molecule has 2 saturated heterocycles. The third kappa shape index (κ3) is 3.56. The molecule has 0 N–H and O–H groups in total. The highest BCUT2D eigenvalue weighted by Gasteiger charge is 2.32. The number of rotatable bonds is 4. The Bertz CT molecular complexity index is 1040. The molecule has 30 heavy (non-hydrogen) atoms. The number of fused-ring (bicyclic) bond motifs is 1. The van der Waals surface area contributed by atoms with E-state index in [4.69, 9.17) is 4.98 Å². The number of thiophene rings is 1. The first kappa shape index (κ1) is 19.4. The smallest absolute Gasteiger partial charge is 0.237 e. The molecular formula is C21H27N7OS. The second kappa shape index (κ2) is 7.96. The Morgan fingerprint density at radius 2 is 2.03 bits per heavy atom. The first-order valence-corrected chi connectivity index (χ1v) is 11.4. The Morgan fingerprint density at radius 3 is 2.80 bits per heavy atom. The molecule has 0 aromatic carbocycles. The van der Waals surface area contributed by atoms with E-state index >= 15 is 0 Å². The van der Waals surface area contributed by atoms with Gasteiger partial charge in [0, 0.05) is 44.6 Å². The topological polar surface area (TPSA) is 70.4 Å². The van der Waals surface area contributed by atoms with Gasteiger partial charge in [0.05, 0.1) is 24.2 Å². The van der Waals surface area contributed by atoms with E-state index < -0.39 is 0 Å². The summed E-state index contributed by atoms with van der Waals surface area (Å²) in [5.74, 6) is 1.97. The third-order valence-electron chi connectivity index (χ3n) is 6.16. The Morgan fingerprint density at radius 1 is 1.20 bits per heavy atom. The molecule has 3 aromatic rings. The Labute approximate surface area is 180 Å². The number of aryl methyl sites for hydroxylation is 2. The van der Waals surface area contributed by atoms with Gasteiger partial charge < -0.3 is 9.80 Å². The van der Waals surface area contributed by atoms with E-state index in [2.05, 4.69) is 42.3 Å². The predicted octanol–water partition coefficient (Wildman–Crippen LogP) is 2.22. The summed E-state index contributed by atoms with van der Waals surface area (Å²) >= 11 is 1.76. The van der Waals surface area contributed by atoms with Crippen molar-refractivity contribution in [2.75, 3.05) is 44.2 Å². The van der Waals surface area contributed by atoms with E-state index in [1.54, 1.807) is 16.0 Å². The fourth-order valence-corrected chi connectivity index (χ4v) is 5.47. The number of hydrogen-bond acceptors (Lipinski definition) is 7. The summed E-state index contributed by atoms with van der Waals surface area (Å²) in [5.41, 5.74) is 0.865. The lowest BCUT2D eigenvalue weighted by atomic mass is 10.2. The minimum atomic E-state index is 0.256. The molecular weight excluding hydrogens is 398 g/mol. The Balaban J connectivity index is 1.23. The number of carbonyl (C=O) groups excluding carboxylic acids is 1. The van der Waals surface area contributed by atoms with Crippen molar-refractivity contribution < 1.29 is 4.79 Å². The predicted molar refractivity (Wildman–Crippen MR) is 118 cm³/mol. The molecule has 2 aliphatic heterocycles. The van der Waals surface area contributed by atoms with E-state index in [-0.39, 0.29) is 11.9 Å². The molecule has 1 amide bonds. The Hall–Kier alpha value is -2.52. The van der Waals surface area contributed by atoms with Gasteiger partial charge in [-0.1, -0.05) is 6.07 Å². The standard InChI is InChI=1S/C21H27N7OS/c1-15-23-20-16(13-22-25(20)2)21(24-15)27-10-8-26(9-11-27)14-19(29)28-7-3-5-17(28)18-6-4-12-30-18/h4,6,12-13,17H,3,5,7-11,14H2,1-2H3. The number of aromatic nitrogens is 4. The van der Waals surface area contributed by atoms with Crippen molar-refractivity contribution in [2.45, 2.75) is 25.8 Å². The molecule has 2 aliphatic rings. The highest BCUT2D eigenvalue weighted by Crippen LogP contribution is 2.34. The highest BCUT2D eigenvalue weighted by atomic mass is 32.1. The largest absolute Gasteiger partial charge is 0.353 e. The van der Waals surface area contributed by atoms with Gasteiger partial charge in [-0.25, -0.2) is 9.97 Å². The fourth-order valence-electron chi connectivity index (χ4n) is 4.60. The summed E-state index contributed by atoms with van der Waals surface area (Å²) in [6.07, 6.45) is 4.02. The van der Waals surface area contributed by atoms with E-state index in [9.17, 15) is 4.79 Å². The number of piperazine rings is 1. The van der Waals surface area contributed by atoms with Crippen LogP contribution < -0.4 is 4.90 Å². The van der Waals surface area contributed by atoms with E-state index in [0.717, 1.165) is 68.2 Å². The lowest BCUT2D eigenvalue weighted by Crippen LogP contribution is -2.50. The maximum atomic E-state index is 13.0. The van der Waals surface area contributed by atoms with Crippen molar-refractivity contribution in [3.05, 3.63) is 34.4 Å². The summed E-state index contributed by atoms with van der Waals surface area (Å²) in [7, 11) is 1.91. The van der Waals surface area contributed by atoms with Gasteiger partial charge in [-0.3, -0.25) is 14.4 Å². The molecule has 0 saturated carbocycles. The molecule has 1 unspecified atom stereocenters. The van der Waals surface area contributed by atoms with Crippen LogP contribution in [-0.2, 0) is 11.8 Å². The number of hydrogen-bond donors (Lipinski definition) is 0. The monoisotopic (exact) mass is 425 g/mol. The first-order chi connectivity index (χ1) is 14.6. The van der Waals surface area contributed by atoms with Crippen LogP contribution in [0, 0.1) is 6.92 Å². The summed E-state index contributed by atoms with van der Waals surface area (Å²) < 4.78 is 1.79. The number of nitrogens with zero attached hydrogens (tertiary/aromatic N) is 7. The van der Waals surface area contributed by atoms with E-state index in [0.29, 0.717) is 6.54 Å². The van der Waals surface area contributed by atoms with Crippen LogP contribution in [0.2, 0.25) is 0 Å². The van der Waals surface area contributed by atoms with Crippen LogP contribution in [-0.4, -0.2) is 74.7 Å². The van der Waals surface area contributed by atoms with Crippen LogP contribution >= 0.6 is 11.3 Å². The maximum Gasteiger partial charge on any atom is 0.237 e. The van der Waals surface area contributed by atoms with Gasteiger partial charge in [0.15, 0.2) is 5.65 Å². The van der Waals surface area contributed by atoms with Crippen LogP contribution in [0.3, 0.4) is 0 Å². The summed E-state index contributed by atoms with van der Waals surface area (Å²) in [4.78, 5) is 30.2. The third-order valence-corrected chi connectivity index (χ3v) is 7.13. The zero-order chi connectivity index (χ0) is 20.7. The highest BCUT2D eigenvalue weighted by molar-refractivity contribution is 7.10. The first-order valence-electron chi connectivity index (χ1n) is 10.6. The molecule has 8 nitrogen and oxygen atoms in total. The number of anilines is 1. The molecule has 1 atom stereocenters. The molecule has 0 radical (unpaired) electrons. The number of likely N-dealkylation sites (tertiary alicyclic amines) is 1. The molecule has 2 fully saturated rings. The van der Waals surface area contributed by atoms with Crippen molar-refractivity contribution in [3.8, 4) is 0 Å². The maximum absolute atomic E-state index is 13.0. The molecule has 3 aromatic heterocycles. The van der Waals surface area contributed by atoms with Crippen molar-refractivity contribution in [3.63, 3.8) is 0 Å². The van der Waals surface area contributed by atoms with Crippen molar-refractivity contribution in [1.29, 1.82) is 0 Å². The van der Waals surface area contributed by atoms with E-state index in [1.807, 2.05) is 20.2 Å². The van der Waals surface area contributed by atoms with Crippen LogP contribution in [0.15, 0.2) is 23.7 Å². The lowest BCUT2D eigenvalue weighted by molar-refractivity contribution is -0.133. The van der Waals surface area contributed by atoms with Crippen LogP contribution in [0.25, 0.3) is 11.0 Å². The molecule has 0 spiro atoms. The normalized spacial score (nSPS) is 20.4. The second-order valence-electron chi connectivity index (χ2n) is 8.12. The second-order valence-corrected chi connectivity index (χ2v) is 9.10. The average molecular weight is 426 g/mol. The summed E-state index contributed by atoms with van der Waals surface area (Å²) in [6.45, 7) is 6.71. The van der Waals surface area contributed by atoms with Crippen molar-refractivity contribution in [1.82, 2.24) is 29.5 Å². The van der Waals surface area contributed by atoms with E-state index in [1.165, 1.54) is 4.88 Å². The van der Waals surface area contributed by atoms with Gasteiger partial charge in [-0.15, -0.1) is 11.3 Å². The van der Waals surface area contributed by atoms with Crippen LogP contribution in [0.4, 0.5) is 5.82 Å². The molecule has 5 rings (SSSR count). The summed E-state index contributed by atoms with van der Waals surface area (Å²) in [5, 5.41) is 7.44. The number of amides is 1. The molecule has 0 bridgehead atoms. The fraction of sp³-hybridized carbons (Fsp3) is 0.524. The minimum Gasteiger partial charge on any atom is -0.353 e.